The van der Waals surface area contributed by atoms with Gasteiger partial charge in [0.25, 0.3) is 5.56 Å². The molecule has 6 heteroatoms. The van der Waals surface area contributed by atoms with Gasteiger partial charge in [-0.1, -0.05) is 31.7 Å². The van der Waals surface area contributed by atoms with Gasteiger partial charge in [0.05, 0.1) is 5.39 Å². The smallest absolute Gasteiger partial charge is 0.263 e. The SMILES string of the molecule is CSc1nc2scc(-c3cccs3)c2c(=O)n1CC(C)C. The predicted octanol–water partition coefficient (Wildman–Crippen LogP) is 4.56. The second-order valence-corrected chi connectivity index (χ2v) is 7.79. The molecule has 0 amide bonds. The van der Waals surface area contributed by atoms with E-state index in [0.29, 0.717) is 12.5 Å². The average Bonchev–Trinajstić information content (AvgIpc) is 3.09. The second kappa shape index (κ2) is 5.94. The highest BCUT2D eigenvalue weighted by molar-refractivity contribution is 7.98. The third-order valence-electron chi connectivity index (χ3n) is 3.18. The summed E-state index contributed by atoms with van der Waals surface area (Å²) in [5.41, 5.74) is 1.11. The minimum Gasteiger partial charge on any atom is -0.287 e. The first-order valence-electron chi connectivity index (χ1n) is 6.71. The summed E-state index contributed by atoms with van der Waals surface area (Å²) in [6, 6.07) is 4.07. The van der Waals surface area contributed by atoms with Gasteiger partial charge in [-0.15, -0.1) is 22.7 Å². The number of thiophene rings is 2. The molecule has 0 radical (unpaired) electrons. The van der Waals surface area contributed by atoms with Gasteiger partial charge in [0.2, 0.25) is 0 Å². The number of fused-ring (bicyclic) bond motifs is 1. The molecule has 0 spiro atoms. The molecule has 0 aromatic carbocycles. The van der Waals surface area contributed by atoms with E-state index < -0.39 is 0 Å². The van der Waals surface area contributed by atoms with Crippen molar-refractivity contribution in [1.82, 2.24) is 9.55 Å². The molecule has 0 unspecified atom stereocenters. The van der Waals surface area contributed by atoms with Gasteiger partial charge in [-0.2, -0.15) is 0 Å². The maximum atomic E-state index is 12.9. The van der Waals surface area contributed by atoms with Crippen molar-refractivity contribution in [3.8, 4) is 10.4 Å². The molecule has 0 aliphatic heterocycles. The number of nitrogens with zero attached hydrogens (tertiary/aromatic N) is 2. The van der Waals surface area contributed by atoms with Crippen LogP contribution in [0.15, 0.2) is 32.8 Å². The Labute approximate surface area is 135 Å². The molecule has 0 aliphatic rings. The van der Waals surface area contributed by atoms with Crippen LogP contribution in [0.5, 0.6) is 0 Å². The fourth-order valence-electron chi connectivity index (χ4n) is 2.30. The first-order valence-corrected chi connectivity index (χ1v) is 9.70. The van der Waals surface area contributed by atoms with Crippen LogP contribution in [0.2, 0.25) is 0 Å². The largest absolute Gasteiger partial charge is 0.287 e. The third-order valence-corrected chi connectivity index (χ3v) is 5.63. The first-order chi connectivity index (χ1) is 10.1. The first kappa shape index (κ1) is 14.8. The fraction of sp³-hybridized carbons (Fsp3) is 0.333. The number of rotatable bonds is 4. The Morgan fingerprint density at radius 1 is 1.38 bits per heavy atom. The molecular weight excluding hydrogens is 320 g/mol. The minimum atomic E-state index is 0.0858. The van der Waals surface area contributed by atoms with E-state index in [9.17, 15) is 4.79 Å². The highest BCUT2D eigenvalue weighted by Crippen LogP contribution is 2.34. The molecule has 3 heterocycles. The molecule has 3 nitrogen and oxygen atoms in total. The Kier molecular flexibility index (Phi) is 4.19. The molecule has 3 aromatic rings. The van der Waals surface area contributed by atoms with Gasteiger partial charge < -0.3 is 0 Å². The Balaban J connectivity index is 2.29. The Hall–Kier alpha value is -1.11. The lowest BCUT2D eigenvalue weighted by Gasteiger charge is -2.12. The van der Waals surface area contributed by atoms with Crippen LogP contribution in [-0.4, -0.2) is 15.8 Å². The zero-order chi connectivity index (χ0) is 15.0. The lowest BCUT2D eigenvalue weighted by Crippen LogP contribution is -2.25. The van der Waals surface area contributed by atoms with Crippen LogP contribution < -0.4 is 5.56 Å². The van der Waals surface area contributed by atoms with Crippen molar-refractivity contribution >= 4 is 44.7 Å². The van der Waals surface area contributed by atoms with Crippen molar-refractivity contribution in [1.29, 1.82) is 0 Å². The lowest BCUT2D eigenvalue weighted by atomic mass is 10.2. The number of aromatic nitrogens is 2. The lowest BCUT2D eigenvalue weighted by molar-refractivity contribution is 0.476. The number of hydrogen-bond acceptors (Lipinski definition) is 5. The van der Waals surface area contributed by atoms with E-state index in [4.69, 9.17) is 0 Å². The summed E-state index contributed by atoms with van der Waals surface area (Å²) >= 11 is 4.75. The van der Waals surface area contributed by atoms with Crippen molar-refractivity contribution in [3.05, 3.63) is 33.2 Å². The standard InChI is InChI=1S/C15H16N2OS3/c1-9(2)7-17-14(18)12-10(11-5-4-6-20-11)8-21-13(12)16-15(17)19-3/h4-6,8-9H,7H2,1-3H3. The van der Waals surface area contributed by atoms with Crippen LogP contribution in [0.3, 0.4) is 0 Å². The summed E-state index contributed by atoms with van der Waals surface area (Å²) in [7, 11) is 0. The van der Waals surface area contributed by atoms with E-state index >= 15 is 0 Å². The molecule has 0 atom stereocenters. The summed E-state index contributed by atoms with van der Waals surface area (Å²) in [5, 5.41) is 5.66. The van der Waals surface area contributed by atoms with Crippen LogP contribution in [0.4, 0.5) is 0 Å². The normalized spacial score (nSPS) is 11.6. The van der Waals surface area contributed by atoms with Crippen molar-refractivity contribution in [2.45, 2.75) is 25.5 Å². The molecule has 0 aliphatic carbocycles. The molecule has 0 bridgehead atoms. The molecule has 0 fully saturated rings. The van der Waals surface area contributed by atoms with Crippen molar-refractivity contribution in [3.63, 3.8) is 0 Å². The summed E-state index contributed by atoms with van der Waals surface area (Å²) in [6.45, 7) is 4.95. The monoisotopic (exact) mass is 336 g/mol. The quantitative estimate of drug-likeness (QED) is 0.517. The van der Waals surface area contributed by atoms with E-state index in [2.05, 4.69) is 30.3 Å². The van der Waals surface area contributed by atoms with Gasteiger partial charge >= 0.3 is 0 Å². The summed E-state index contributed by atoms with van der Waals surface area (Å²) in [5.74, 6) is 0.414. The van der Waals surface area contributed by atoms with Crippen molar-refractivity contribution in [2.75, 3.05) is 6.26 Å². The van der Waals surface area contributed by atoms with Crippen LogP contribution in [0.1, 0.15) is 13.8 Å². The van der Waals surface area contributed by atoms with E-state index in [0.717, 1.165) is 25.8 Å². The molecule has 21 heavy (non-hydrogen) atoms. The average molecular weight is 337 g/mol. The molecular formula is C15H16N2OS3. The minimum absolute atomic E-state index is 0.0858. The molecule has 3 aromatic heterocycles. The topological polar surface area (TPSA) is 34.9 Å². The Morgan fingerprint density at radius 2 is 2.19 bits per heavy atom. The van der Waals surface area contributed by atoms with Gasteiger partial charge in [0.15, 0.2) is 5.16 Å². The molecule has 0 N–H and O–H groups in total. The van der Waals surface area contributed by atoms with Crippen molar-refractivity contribution < 1.29 is 0 Å². The van der Waals surface area contributed by atoms with Crippen LogP contribution in [-0.2, 0) is 6.54 Å². The van der Waals surface area contributed by atoms with Gasteiger partial charge in [0, 0.05) is 22.4 Å². The zero-order valence-corrected chi connectivity index (χ0v) is 14.6. The Bertz CT molecular complexity index is 815. The van der Waals surface area contributed by atoms with Gasteiger partial charge in [-0.05, 0) is 23.6 Å². The maximum Gasteiger partial charge on any atom is 0.263 e. The Morgan fingerprint density at radius 3 is 2.81 bits per heavy atom. The summed E-state index contributed by atoms with van der Waals surface area (Å²) < 4.78 is 1.82. The third kappa shape index (κ3) is 2.67. The van der Waals surface area contributed by atoms with Gasteiger partial charge in [-0.3, -0.25) is 9.36 Å². The van der Waals surface area contributed by atoms with Crippen LogP contribution in [0.25, 0.3) is 20.7 Å². The summed E-state index contributed by atoms with van der Waals surface area (Å²) in [4.78, 5) is 19.6. The fourth-order valence-corrected chi connectivity index (χ4v) is 4.67. The highest BCUT2D eigenvalue weighted by atomic mass is 32.2. The highest BCUT2D eigenvalue weighted by Gasteiger charge is 2.17. The molecule has 3 rings (SSSR count). The van der Waals surface area contributed by atoms with E-state index in [1.165, 1.54) is 11.8 Å². The molecule has 0 saturated carbocycles. The van der Waals surface area contributed by atoms with Crippen LogP contribution >= 0.6 is 34.4 Å². The van der Waals surface area contributed by atoms with Gasteiger partial charge in [-0.25, -0.2) is 4.98 Å². The van der Waals surface area contributed by atoms with E-state index in [1.54, 1.807) is 22.7 Å². The van der Waals surface area contributed by atoms with Gasteiger partial charge in [0.1, 0.15) is 4.83 Å². The molecule has 110 valence electrons. The van der Waals surface area contributed by atoms with E-state index in [1.807, 2.05) is 22.3 Å². The summed E-state index contributed by atoms with van der Waals surface area (Å²) in [6.07, 6.45) is 1.97. The number of hydrogen-bond donors (Lipinski definition) is 0. The number of thioether (sulfide) groups is 1. The van der Waals surface area contributed by atoms with Crippen molar-refractivity contribution in [2.24, 2.45) is 5.92 Å². The second-order valence-electron chi connectivity index (χ2n) is 5.21. The van der Waals surface area contributed by atoms with Crippen LogP contribution in [0, 0.1) is 5.92 Å². The predicted molar refractivity (Wildman–Crippen MR) is 93.8 cm³/mol. The van der Waals surface area contributed by atoms with E-state index in [-0.39, 0.29) is 5.56 Å². The molecule has 0 saturated heterocycles. The maximum absolute atomic E-state index is 12.9. The zero-order valence-electron chi connectivity index (χ0n) is 12.1.